The lowest BCUT2D eigenvalue weighted by Gasteiger charge is -2.46. The van der Waals surface area contributed by atoms with Crippen molar-refractivity contribution in [2.24, 2.45) is 0 Å². The number of nitrogens with one attached hydrogen (secondary N) is 1. The molecular weight excluding hydrogens is 622 g/mol. The van der Waals surface area contributed by atoms with Crippen molar-refractivity contribution in [3.8, 4) is 0 Å². The highest BCUT2D eigenvalue weighted by Gasteiger charge is 2.48. The van der Waals surface area contributed by atoms with Gasteiger partial charge < -0.3 is 0 Å². The topological polar surface area (TPSA) is 32.6 Å². The van der Waals surface area contributed by atoms with Crippen LogP contribution in [0.15, 0.2) is 152 Å². The number of fused-ring (bicyclic) bond motifs is 1. The van der Waals surface area contributed by atoms with Crippen LogP contribution in [-0.4, -0.2) is 14.4 Å². The molecule has 200 valence electrons. The van der Waals surface area contributed by atoms with Gasteiger partial charge >= 0.3 is 0 Å². The quantitative estimate of drug-likeness (QED) is 0.149. The van der Waals surface area contributed by atoms with Crippen molar-refractivity contribution in [1.82, 2.24) is 19.8 Å². The van der Waals surface area contributed by atoms with Gasteiger partial charge in [-0.05, 0) is 74.7 Å². The van der Waals surface area contributed by atoms with Gasteiger partial charge in [-0.15, -0.1) is 0 Å². The predicted molar refractivity (Wildman–Crippen MR) is 168 cm³/mol. The first-order valence-corrected chi connectivity index (χ1v) is 14.5. The molecule has 1 unspecified atom stereocenters. The molecule has 0 aliphatic carbocycles. The fourth-order valence-corrected chi connectivity index (χ4v) is 6.51. The normalized spacial score (nSPS) is 16.9. The standard InChI is InChI=1S/C35H26FIN4/c36-31-19-16-26(17-20-31)34(30-18-21-33-38-24-32(37)40(33)25-30)22-23-41(39-34)35(27-10-4-1-5-11-27,28-12-6-2-7-13-28)29-14-8-3-9-15-29/h1-25,39H. The maximum absolute atomic E-state index is 14.2. The van der Waals surface area contributed by atoms with Gasteiger partial charge in [0.15, 0.2) is 0 Å². The van der Waals surface area contributed by atoms with Crippen molar-refractivity contribution in [3.63, 3.8) is 0 Å². The monoisotopic (exact) mass is 648 g/mol. The molecule has 6 aromatic rings. The Hall–Kier alpha value is -4.27. The third kappa shape index (κ3) is 4.17. The largest absolute Gasteiger partial charge is 0.295 e. The summed E-state index contributed by atoms with van der Waals surface area (Å²) in [6.07, 6.45) is 8.28. The van der Waals surface area contributed by atoms with E-state index >= 15 is 0 Å². The van der Waals surface area contributed by atoms with E-state index in [0.717, 1.165) is 37.2 Å². The number of aromatic nitrogens is 2. The van der Waals surface area contributed by atoms with Gasteiger partial charge in [0.1, 0.15) is 26.2 Å². The number of pyridine rings is 1. The average molecular weight is 649 g/mol. The lowest BCUT2D eigenvalue weighted by Crippen LogP contribution is -2.55. The van der Waals surface area contributed by atoms with Crippen LogP contribution < -0.4 is 5.43 Å². The van der Waals surface area contributed by atoms with E-state index in [1.54, 1.807) is 0 Å². The molecule has 3 heterocycles. The highest BCUT2D eigenvalue weighted by atomic mass is 127. The van der Waals surface area contributed by atoms with Gasteiger partial charge in [0.2, 0.25) is 0 Å². The van der Waals surface area contributed by atoms with Crippen molar-refractivity contribution < 1.29 is 4.39 Å². The van der Waals surface area contributed by atoms with Gasteiger partial charge in [0.05, 0.1) is 6.20 Å². The van der Waals surface area contributed by atoms with E-state index in [-0.39, 0.29) is 5.82 Å². The smallest absolute Gasteiger partial charge is 0.137 e. The van der Waals surface area contributed by atoms with E-state index in [0.29, 0.717) is 0 Å². The second kappa shape index (κ2) is 10.3. The Morgan fingerprint density at radius 2 is 1.22 bits per heavy atom. The fraction of sp³-hybridized carbons (Fsp3) is 0.0571. The molecule has 0 saturated carbocycles. The number of nitrogens with zero attached hydrogens (tertiary/aromatic N) is 3. The summed E-state index contributed by atoms with van der Waals surface area (Å²) in [5.74, 6) is -0.269. The summed E-state index contributed by atoms with van der Waals surface area (Å²) in [5.41, 5.74) is 8.59. The van der Waals surface area contributed by atoms with Gasteiger partial charge in [-0.3, -0.25) is 9.41 Å². The summed E-state index contributed by atoms with van der Waals surface area (Å²) >= 11 is 2.30. The Morgan fingerprint density at radius 3 is 1.78 bits per heavy atom. The molecule has 7 rings (SSSR count). The minimum atomic E-state index is -0.779. The highest BCUT2D eigenvalue weighted by Crippen LogP contribution is 2.46. The molecule has 6 heteroatoms. The number of halogens is 2. The third-order valence-electron chi connectivity index (χ3n) is 7.92. The van der Waals surface area contributed by atoms with Crippen molar-refractivity contribution in [2.75, 3.05) is 0 Å². The summed E-state index contributed by atoms with van der Waals surface area (Å²) in [6, 6.07) is 42.5. The number of benzene rings is 4. The minimum absolute atomic E-state index is 0.269. The van der Waals surface area contributed by atoms with Crippen LogP contribution in [-0.2, 0) is 11.1 Å². The number of hydrogen-bond acceptors (Lipinski definition) is 3. The van der Waals surface area contributed by atoms with Crippen LogP contribution >= 0.6 is 22.6 Å². The lowest BCUT2D eigenvalue weighted by molar-refractivity contribution is 0.139. The second-order valence-corrected chi connectivity index (χ2v) is 11.3. The Labute approximate surface area is 251 Å². The van der Waals surface area contributed by atoms with Crippen molar-refractivity contribution in [2.45, 2.75) is 11.1 Å². The predicted octanol–water partition coefficient (Wildman–Crippen LogP) is 7.65. The molecule has 1 aliphatic rings. The minimum Gasteiger partial charge on any atom is -0.295 e. The summed E-state index contributed by atoms with van der Waals surface area (Å²) in [5, 5.41) is 2.21. The van der Waals surface area contributed by atoms with E-state index in [9.17, 15) is 4.39 Å². The van der Waals surface area contributed by atoms with E-state index in [2.05, 4.69) is 140 Å². The molecule has 0 saturated heterocycles. The van der Waals surface area contributed by atoms with Crippen LogP contribution in [0, 0.1) is 9.52 Å². The summed E-state index contributed by atoms with van der Waals surface area (Å²) < 4.78 is 17.3. The van der Waals surface area contributed by atoms with Crippen LogP contribution in [0.2, 0.25) is 0 Å². The number of rotatable bonds is 6. The lowest BCUT2D eigenvalue weighted by atomic mass is 9.76. The molecule has 0 spiro atoms. The van der Waals surface area contributed by atoms with Gasteiger partial charge in [-0.1, -0.05) is 109 Å². The van der Waals surface area contributed by atoms with Gasteiger partial charge in [-0.25, -0.2) is 14.8 Å². The van der Waals surface area contributed by atoms with Crippen molar-refractivity contribution >= 4 is 28.2 Å². The van der Waals surface area contributed by atoms with E-state index < -0.39 is 11.1 Å². The van der Waals surface area contributed by atoms with E-state index in [4.69, 9.17) is 0 Å². The molecular formula is C35H26FIN4. The van der Waals surface area contributed by atoms with E-state index in [1.165, 1.54) is 12.1 Å². The van der Waals surface area contributed by atoms with Gasteiger partial charge in [0, 0.05) is 12.4 Å². The van der Waals surface area contributed by atoms with Crippen LogP contribution in [0.3, 0.4) is 0 Å². The zero-order valence-electron chi connectivity index (χ0n) is 22.0. The molecule has 4 aromatic carbocycles. The number of imidazole rings is 1. The molecule has 0 radical (unpaired) electrons. The summed E-state index contributed by atoms with van der Waals surface area (Å²) in [6.45, 7) is 0. The first-order chi connectivity index (χ1) is 20.1. The molecule has 1 N–H and O–H groups in total. The number of hydrogen-bond donors (Lipinski definition) is 1. The van der Waals surface area contributed by atoms with Crippen LogP contribution in [0.4, 0.5) is 4.39 Å². The molecule has 0 bridgehead atoms. The van der Waals surface area contributed by atoms with Gasteiger partial charge in [-0.2, -0.15) is 0 Å². The Balaban J connectivity index is 1.48. The fourth-order valence-electron chi connectivity index (χ4n) is 5.99. The molecule has 0 fully saturated rings. The third-order valence-corrected chi connectivity index (χ3v) is 8.72. The maximum atomic E-state index is 14.2. The van der Waals surface area contributed by atoms with Crippen LogP contribution in [0.1, 0.15) is 27.8 Å². The van der Waals surface area contributed by atoms with Crippen molar-refractivity contribution in [1.29, 1.82) is 0 Å². The summed E-state index contributed by atoms with van der Waals surface area (Å²) in [4.78, 5) is 4.52. The highest BCUT2D eigenvalue weighted by molar-refractivity contribution is 14.1. The SMILES string of the molecule is Fc1ccc(C2(c3ccc4ncc(I)n4c3)C=CN(C(c3ccccc3)(c3ccccc3)c3ccccc3)N2)cc1. The molecule has 1 atom stereocenters. The average Bonchev–Trinajstić information content (AvgIpc) is 3.65. The van der Waals surface area contributed by atoms with Crippen LogP contribution in [0.25, 0.3) is 5.65 Å². The van der Waals surface area contributed by atoms with Gasteiger partial charge in [0.25, 0.3) is 0 Å². The van der Waals surface area contributed by atoms with E-state index in [1.807, 2.05) is 42.6 Å². The Bertz CT molecular complexity index is 1740. The molecule has 41 heavy (non-hydrogen) atoms. The van der Waals surface area contributed by atoms with Crippen molar-refractivity contribution in [3.05, 3.63) is 189 Å². The Kier molecular flexibility index (Phi) is 6.44. The van der Waals surface area contributed by atoms with Crippen LogP contribution in [0.5, 0.6) is 0 Å². The molecule has 0 amide bonds. The zero-order chi connectivity index (χ0) is 27.9. The second-order valence-electron chi connectivity index (χ2n) is 10.1. The maximum Gasteiger partial charge on any atom is 0.137 e. The summed E-state index contributed by atoms with van der Waals surface area (Å²) in [7, 11) is 0. The zero-order valence-corrected chi connectivity index (χ0v) is 24.2. The first-order valence-electron chi connectivity index (χ1n) is 13.4. The molecule has 1 aliphatic heterocycles. The number of hydrazine groups is 1. The Morgan fingerprint density at radius 1 is 0.683 bits per heavy atom. The first kappa shape index (κ1) is 25.7. The molecule has 2 aromatic heterocycles. The molecule has 4 nitrogen and oxygen atoms in total.